The molecule has 2 rings (SSSR count). The van der Waals surface area contributed by atoms with Gasteiger partial charge in [-0.3, -0.25) is 0 Å². The van der Waals surface area contributed by atoms with Crippen molar-refractivity contribution in [3.63, 3.8) is 0 Å². The van der Waals surface area contributed by atoms with Crippen LogP contribution in [0, 0.1) is 6.92 Å². The number of aromatic nitrogens is 3. The molecule has 0 saturated heterocycles. The van der Waals surface area contributed by atoms with Gasteiger partial charge in [0.25, 0.3) is 0 Å². The van der Waals surface area contributed by atoms with E-state index in [0.717, 1.165) is 12.1 Å². The number of nitrogens with zero attached hydrogens (tertiary/aromatic N) is 3. The summed E-state index contributed by atoms with van der Waals surface area (Å²) in [4.78, 5) is 12.2. The van der Waals surface area contributed by atoms with Gasteiger partial charge < -0.3 is 10.6 Å². The molecule has 8 heteroatoms. The van der Waals surface area contributed by atoms with E-state index in [1.54, 1.807) is 19.2 Å². The van der Waals surface area contributed by atoms with Gasteiger partial charge >= 0.3 is 6.18 Å². The van der Waals surface area contributed by atoms with Crippen LogP contribution in [0.1, 0.15) is 17.1 Å². The first-order chi connectivity index (χ1) is 9.88. The van der Waals surface area contributed by atoms with Crippen LogP contribution in [0.25, 0.3) is 0 Å². The van der Waals surface area contributed by atoms with Crippen molar-refractivity contribution in [1.82, 2.24) is 15.0 Å². The lowest BCUT2D eigenvalue weighted by Crippen LogP contribution is -2.10. The molecule has 0 saturated carbocycles. The predicted molar refractivity (Wildman–Crippen MR) is 72.9 cm³/mol. The van der Waals surface area contributed by atoms with E-state index in [1.165, 1.54) is 7.05 Å². The van der Waals surface area contributed by atoms with E-state index >= 15 is 0 Å². The lowest BCUT2D eigenvalue weighted by molar-refractivity contribution is -0.137. The van der Waals surface area contributed by atoms with Crippen molar-refractivity contribution in [2.24, 2.45) is 0 Å². The van der Waals surface area contributed by atoms with Crippen LogP contribution in [-0.4, -0.2) is 22.0 Å². The Morgan fingerprint density at radius 1 is 1.14 bits per heavy atom. The number of halogens is 3. The van der Waals surface area contributed by atoms with Crippen LogP contribution in [0.2, 0.25) is 0 Å². The molecule has 2 aromatic rings. The second kappa shape index (κ2) is 5.94. The van der Waals surface area contributed by atoms with Gasteiger partial charge in [0.1, 0.15) is 17.5 Å². The average Bonchev–Trinajstić information content (AvgIpc) is 2.44. The van der Waals surface area contributed by atoms with Gasteiger partial charge in [0.2, 0.25) is 0 Å². The molecule has 5 nitrogen and oxygen atoms in total. The van der Waals surface area contributed by atoms with Gasteiger partial charge in [0, 0.05) is 13.2 Å². The molecule has 0 spiro atoms. The molecule has 2 heterocycles. The minimum Gasteiger partial charge on any atom is -0.373 e. The van der Waals surface area contributed by atoms with Crippen molar-refractivity contribution in [1.29, 1.82) is 0 Å². The zero-order valence-corrected chi connectivity index (χ0v) is 11.5. The standard InChI is InChI=1S/C13H14F3N5/c1-8-18-4-3-10(20-8)7-19-12-6-9(13(14,15)16)5-11(17-2)21-12/h3-6H,7H2,1-2H3,(H2,17,19,21). The van der Waals surface area contributed by atoms with Crippen LogP contribution in [0.3, 0.4) is 0 Å². The quantitative estimate of drug-likeness (QED) is 0.908. The summed E-state index contributed by atoms with van der Waals surface area (Å²) in [5, 5.41) is 5.44. The Morgan fingerprint density at radius 2 is 1.86 bits per heavy atom. The van der Waals surface area contributed by atoms with Crippen molar-refractivity contribution in [3.8, 4) is 0 Å². The van der Waals surface area contributed by atoms with Gasteiger partial charge in [-0.05, 0) is 25.1 Å². The first-order valence-electron chi connectivity index (χ1n) is 6.18. The van der Waals surface area contributed by atoms with Gasteiger partial charge in [-0.25, -0.2) is 15.0 Å². The van der Waals surface area contributed by atoms with Gasteiger partial charge in [-0.2, -0.15) is 13.2 Å². The Morgan fingerprint density at radius 3 is 2.48 bits per heavy atom. The molecule has 0 amide bonds. The maximum atomic E-state index is 12.8. The third kappa shape index (κ3) is 4.04. The minimum atomic E-state index is -4.42. The molecule has 2 N–H and O–H groups in total. The molecule has 0 aromatic carbocycles. The predicted octanol–water partition coefficient (Wildman–Crippen LogP) is 2.85. The highest BCUT2D eigenvalue weighted by Gasteiger charge is 2.31. The maximum Gasteiger partial charge on any atom is 0.416 e. The monoisotopic (exact) mass is 297 g/mol. The van der Waals surface area contributed by atoms with Crippen molar-refractivity contribution in [2.45, 2.75) is 19.6 Å². The van der Waals surface area contributed by atoms with Crippen molar-refractivity contribution < 1.29 is 13.2 Å². The van der Waals surface area contributed by atoms with Crippen LogP contribution in [0.15, 0.2) is 24.4 Å². The topological polar surface area (TPSA) is 62.7 Å². The number of anilines is 2. The minimum absolute atomic E-state index is 0.130. The lowest BCUT2D eigenvalue weighted by atomic mass is 10.2. The normalized spacial score (nSPS) is 11.3. The number of aryl methyl sites for hydroxylation is 1. The third-order valence-electron chi connectivity index (χ3n) is 2.69. The van der Waals surface area contributed by atoms with Crippen LogP contribution in [0.4, 0.5) is 24.8 Å². The summed E-state index contributed by atoms with van der Waals surface area (Å²) in [6.07, 6.45) is -2.82. The van der Waals surface area contributed by atoms with Gasteiger partial charge in [-0.15, -0.1) is 0 Å². The highest BCUT2D eigenvalue weighted by atomic mass is 19.4. The Hall–Kier alpha value is -2.38. The van der Waals surface area contributed by atoms with E-state index in [2.05, 4.69) is 25.6 Å². The first kappa shape index (κ1) is 15.0. The van der Waals surface area contributed by atoms with Gasteiger partial charge in [0.15, 0.2) is 0 Å². The first-order valence-corrected chi connectivity index (χ1v) is 6.18. The van der Waals surface area contributed by atoms with Gasteiger partial charge in [-0.1, -0.05) is 0 Å². The summed E-state index contributed by atoms with van der Waals surface area (Å²) in [7, 11) is 1.51. The molecule has 2 aromatic heterocycles. The zero-order chi connectivity index (χ0) is 15.5. The summed E-state index contributed by atoms with van der Waals surface area (Å²) < 4.78 is 38.4. The number of hydrogen-bond acceptors (Lipinski definition) is 5. The summed E-state index contributed by atoms with van der Waals surface area (Å²) in [5.41, 5.74) is -0.0871. The fourth-order valence-electron chi connectivity index (χ4n) is 1.70. The van der Waals surface area contributed by atoms with Crippen molar-refractivity contribution in [3.05, 3.63) is 41.5 Å². The fraction of sp³-hybridized carbons (Fsp3) is 0.308. The molecule has 0 aliphatic rings. The van der Waals surface area contributed by atoms with Crippen molar-refractivity contribution in [2.75, 3.05) is 17.7 Å². The highest BCUT2D eigenvalue weighted by molar-refractivity contribution is 5.49. The van der Waals surface area contributed by atoms with Crippen LogP contribution < -0.4 is 10.6 Å². The molecule has 21 heavy (non-hydrogen) atoms. The zero-order valence-electron chi connectivity index (χ0n) is 11.5. The molecule has 0 fully saturated rings. The van der Waals surface area contributed by atoms with E-state index in [-0.39, 0.29) is 18.2 Å². The Kier molecular flexibility index (Phi) is 4.25. The molecule has 0 atom stereocenters. The Balaban J connectivity index is 2.19. The number of nitrogens with one attached hydrogen (secondary N) is 2. The van der Waals surface area contributed by atoms with E-state index in [0.29, 0.717) is 11.5 Å². The second-order valence-electron chi connectivity index (χ2n) is 4.32. The molecule has 0 aliphatic heterocycles. The number of rotatable bonds is 4. The van der Waals surface area contributed by atoms with E-state index in [1.807, 2.05) is 0 Å². The van der Waals surface area contributed by atoms with E-state index in [9.17, 15) is 13.2 Å². The molecule has 0 bridgehead atoms. The molecule has 112 valence electrons. The van der Waals surface area contributed by atoms with E-state index in [4.69, 9.17) is 0 Å². The summed E-state index contributed by atoms with van der Waals surface area (Å²) >= 11 is 0. The van der Waals surface area contributed by atoms with Crippen LogP contribution >= 0.6 is 0 Å². The molecule has 0 aliphatic carbocycles. The molecular weight excluding hydrogens is 283 g/mol. The average molecular weight is 297 g/mol. The van der Waals surface area contributed by atoms with Crippen LogP contribution in [0.5, 0.6) is 0 Å². The Labute approximate surface area is 119 Å². The summed E-state index contributed by atoms with van der Waals surface area (Å²) in [6, 6.07) is 3.61. The third-order valence-corrected chi connectivity index (χ3v) is 2.69. The van der Waals surface area contributed by atoms with Crippen molar-refractivity contribution >= 4 is 11.6 Å². The highest BCUT2D eigenvalue weighted by Crippen LogP contribution is 2.32. The SMILES string of the molecule is CNc1cc(C(F)(F)F)cc(NCc2ccnc(C)n2)n1. The van der Waals surface area contributed by atoms with Gasteiger partial charge in [0.05, 0.1) is 17.8 Å². The lowest BCUT2D eigenvalue weighted by Gasteiger charge is -2.12. The number of alkyl halides is 3. The molecule has 0 unspecified atom stereocenters. The summed E-state index contributed by atoms with van der Waals surface area (Å²) in [6.45, 7) is 2.01. The Bertz CT molecular complexity index is 627. The smallest absolute Gasteiger partial charge is 0.373 e. The molecule has 0 radical (unpaired) electrons. The fourth-order valence-corrected chi connectivity index (χ4v) is 1.70. The number of hydrogen-bond donors (Lipinski definition) is 2. The maximum absolute atomic E-state index is 12.8. The molecular formula is C13H14F3N5. The van der Waals surface area contributed by atoms with E-state index < -0.39 is 11.7 Å². The summed E-state index contributed by atoms with van der Waals surface area (Å²) in [5.74, 6) is 0.874. The number of pyridine rings is 1. The van der Waals surface area contributed by atoms with Crippen LogP contribution in [-0.2, 0) is 12.7 Å². The largest absolute Gasteiger partial charge is 0.416 e. The second-order valence-corrected chi connectivity index (χ2v) is 4.32.